The maximum Gasteiger partial charge on any atom is 0.225 e. The molecule has 1 aliphatic carbocycles. The van der Waals surface area contributed by atoms with Crippen molar-refractivity contribution in [1.82, 2.24) is 14.9 Å². The van der Waals surface area contributed by atoms with Gasteiger partial charge in [-0.25, -0.2) is 9.97 Å². The van der Waals surface area contributed by atoms with E-state index in [1.54, 1.807) is 0 Å². The average Bonchev–Trinajstić information content (AvgIpc) is 2.59. The van der Waals surface area contributed by atoms with Crippen LogP contribution >= 0.6 is 15.9 Å². The molecule has 0 spiro atoms. The van der Waals surface area contributed by atoms with E-state index in [2.05, 4.69) is 68.4 Å². The van der Waals surface area contributed by atoms with Crippen LogP contribution < -0.4 is 4.90 Å². The van der Waals surface area contributed by atoms with E-state index in [0.29, 0.717) is 12.0 Å². The fraction of sp³-hybridized carbons (Fsp3) is 0.667. The summed E-state index contributed by atoms with van der Waals surface area (Å²) in [7, 11) is 2.10. The molecule has 0 amide bonds. The van der Waals surface area contributed by atoms with Crippen LogP contribution in [-0.2, 0) is 0 Å². The van der Waals surface area contributed by atoms with Gasteiger partial charge in [0, 0.05) is 31.4 Å². The monoisotopic (exact) mass is 378 g/mol. The molecule has 0 aromatic carbocycles. The highest BCUT2D eigenvalue weighted by Gasteiger charge is 2.24. The van der Waals surface area contributed by atoms with Gasteiger partial charge in [-0.3, -0.25) is 4.90 Å². The average molecular weight is 379 g/mol. The molecular formula is C18H27BrN4. The Morgan fingerprint density at radius 3 is 2.30 bits per heavy atom. The normalized spacial score (nSPS) is 20.9. The number of rotatable bonds is 5. The van der Waals surface area contributed by atoms with Gasteiger partial charge >= 0.3 is 0 Å². The Morgan fingerprint density at radius 1 is 1.13 bits per heavy atom. The first-order chi connectivity index (χ1) is 11.1. The topological polar surface area (TPSA) is 32.3 Å². The van der Waals surface area contributed by atoms with E-state index in [0.717, 1.165) is 30.1 Å². The Morgan fingerprint density at radius 2 is 1.74 bits per heavy atom. The summed E-state index contributed by atoms with van der Waals surface area (Å²) in [6.45, 7) is 7.44. The molecule has 126 valence electrons. The van der Waals surface area contributed by atoms with Crippen LogP contribution in [0.3, 0.4) is 0 Å². The Balaban J connectivity index is 1.81. The summed E-state index contributed by atoms with van der Waals surface area (Å²) >= 11 is 3.38. The third-order valence-electron chi connectivity index (χ3n) is 4.67. The molecule has 1 fully saturated rings. The number of halogens is 1. The second-order valence-electron chi connectivity index (χ2n) is 6.10. The van der Waals surface area contributed by atoms with Crippen molar-refractivity contribution < 1.29 is 0 Å². The minimum absolute atomic E-state index is 0.525. The quantitative estimate of drug-likeness (QED) is 0.732. The molecular weight excluding hydrogens is 352 g/mol. The van der Waals surface area contributed by atoms with E-state index in [-0.39, 0.29) is 0 Å². The van der Waals surface area contributed by atoms with Crippen LogP contribution in [0.4, 0.5) is 5.95 Å². The molecule has 0 aliphatic heterocycles. The molecule has 1 aromatic heterocycles. The lowest BCUT2D eigenvalue weighted by atomic mass is 9.86. The Labute approximate surface area is 148 Å². The van der Waals surface area contributed by atoms with Crippen LogP contribution in [-0.4, -0.2) is 47.6 Å². The fourth-order valence-corrected chi connectivity index (χ4v) is 3.21. The minimum Gasteiger partial charge on any atom is -0.341 e. The van der Waals surface area contributed by atoms with E-state index in [1.807, 2.05) is 12.4 Å². The van der Waals surface area contributed by atoms with E-state index < -0.39 is 0 Å². The molecule has 2 rings (SSSR count). The zero-order valence-electron chi connectivity index (χ0n) is 14.4. The fourth-order valence-electron chi connectivity index (χ4n) is 3.01. The highest BCUT2D eigenvalue weighted by atomic mass is 79.9. The van der Waals surface area contributed by atoms with Crippen molar-refractivity contribution in [3.63, 3.8) is 0 Å². The summed E-state index contributed by atoms with van der Waals surface area (Å²) in [5.74, 6) is 8.22. The molecule has 0 unspecified atom stereocenters. The van der Waals surface area contributed by atoms with Crippen LogP contribution in [0, 0.1) is 17.8 Å². The van der Waals surface area contributed by atoms with Crippen molar-refractivity contribution in [1.29, 1.82) is 0 Å². The number of anilines is 1. The van der Waals surface area contributed by atoms with Crippen LogP contribution in [0.25, 0.3) is 0 Å². The Hall–Kier alpha value is -1.12. The summed E-state index contributed by atoms with van der Waals surface area (Å²) in [6.07, 6.45) is 8.31. The van der Waals surface area contributed by atoms with Gasteiger partial charge in [0.15, 0.2) is 0 Å². The van der Waals surface area contributed by atoms with E-state index in [9.17, 15) is 0 Å². The summed E-state index contributed by atoms with van der Waals surface area (Å²) in [4.78, 5) is 13.4. The maximum atomic E-state index is 4.39. The third-order valence-corrected chi connectivity index (χ3v) is 5.08. The SMILES string of the molecule is CCN(CC)CC#C[C@H]1CC[C@H](N(C)c2ncc(Br)cn2)CC1. The molecule has 1 saturated carbocycles. The molecule has 1 aliphatic rings. The van der Waals surface area contributed by atoms with Gasteiger partial charge in [-0.15, -0.1) is 0 Å². The summed E-state index contributed by atoms with van der Waals surface area (Å²) in [5, 5.41) is 0. The molecule has 0 saturated heterocycles. The van der Waals surface area contributed by atoms with Crippen molar-refractivity contribution in [2.45, 2.75) is 45.6 Å². The summed E-state index contributed by atoms with van der Waals surface area (Å²) in [6, 6.07) is 0.525. The van der Waals surface area contributed by atoms with Gasteiger partial charge in [0.2, 0.25) is 5.95 Å². The molecule has 4 nitrogen and oxygen atoms in total. The first kappa shape index (κ1) is 18.2. The molecule has 1 aromatic rings. The lowest BCUT2D eigenvalue weighted by Crippen LogP contribution is -2.36. The molecule has 5 heteroatoms. The Bertz CT molecular complexity index is 522. The second-order valence-corrected chi connectivity index (χ2v) is 7.02. The number of nitrogens with zero attached hydrogens (tertiary/aromatic N) is 4. The first-order valence-corrected chi connectivity index (χ1v) is 9.34. The van der Waals surface area contributed by atoms with Crippen molar-refractivity contribution in [3.05, 3.63) is 16.9 Å². The highest BCUT2D eigenvalue weighted by Crippen LogP contribution is 2.28. The number of aromatic nitrogens is 2. The van der Waals surface area contributed by atoms with Gasteiger partial charge in [0.05, 0.1) is 11.0 Å². The first-order valence-electron chi connectivity index (χ1n) is 8.55. The summed E-state index contributed by atoms with van der Waals surface area (Å²) < 4.78 is 0.918. The lowest BCUT2D eigenvalue weighted by molar-refractivity contribution is 0.341. The molecule has 0 bridgehead atoms. The maximum absolute atomic E-state index is 4.39. The van der Waals surface area contributed by atoms with Crippen molar-refractivity contribution >= 4 is 21.9 Å². The van der Waals surface area contributed by atoms with E-state index in [1.165, 1.54) is 25.7 Å². The predicted molar refractivity (Wildman–Crippen MR) is 99.4 cm³/mol. The van der Waals surface area contributed by atoms with Crippen molar-refractivity contribution in [2.24, 2.45) is 5.92 Å². The van der Waals surface area contributed by atoms with Crippen LogP contribution in [0.1, 0.15) is 39.5 Å². The zero-order valence-corrected chi connectivity index (χ0v) is 16.0. The van der Waals surface area contributed by atoms with Crippen LogP contribution in [0.2, 0.25) is 0 Å². The smallest absolute Gasteiger partial charge is 0.225 e. The molecule has 0 radical (unpaired) electrons. The third kappa shape index (κ3) is 5.47. The molecule has 0 atom stereocenters. The largest absolute Gasteiger partial charge is 0.341 e. The van der Waals surface area contributed by atoms with Gasteiger partial charge in [-0.05, 0) is 54.7 Å². The summed E-state index contributed by atoms with van der Waals surface area (Å²) in [5.41, 5.74) is 0. The zero-order chi connectivity index (χ0) is 16.7. The lowest BCUT2D eigenvalue weighted by Gasteiger charge is -2.33. The van der Waals surface area contributed by atoms with Crippen LogP contribution in [0.15, 0.2) is 16.9 Å². The number of hydrogen-bond acceptors (Lipinski definition) is 4. The van der Waals surface area contributed by atoms with Crippen LogP contribution in [0.5, 0.6) is 0 Å². The van der Waals surface area contributed by atoms with E-state index in [4.69, 9.17) is 0 Å². The number of hydrogen-bond donors (Lipinski definition) is 0. The Kier molecular flexibility index (Phi) is 7.32. The molecule has 0 N–H and O–H groups in total. The molecule has 23 heavy (non-hydrogen) atoms. The van der Waals surface area contributed by atoms with E-state index >= 15 is 0 Å². The molecule has 1 heterocycles. The van der Waals surface area contributed by atoms with Crippen molar-refractivity contribution in [3.8, 4) is 11.8 Å². The second kappa shape index (κ2) is 9.24. The van der Waals surface area contributed by atoms with Gasteiger partial charge in [-0.1, -0.05) is 25.7 Å². The van der Waals surface area contributed by atoms with Gasteiger partial charge in [-0.2, -0.15) is 0 Å². The highest BCUT2D eigenvalue weighted by molar-refractivity contribution is 9.10. The van der Waals surface area contributed by atoms with Gasteiger partial charge in [0.25, 0.3) is 0 Å². The van der Waals surface area contributed by atoms with Crippen molar-refractivity contribution in [2.75, 3.05) is 31.6 Å². The predicted octanol–water partition coefficient (Wildman–Crippen LogP) is 3.58. The van der Waals surface area contributed by atoms with Gasteiger partial charge in [0.1, 0.15) is 0 Å². The van der Waals surface area contributed by atoms with Gasteiger partial charge < -0.3 is 4.90 Å². The standard InChI is InChI=1S/C18H27BrN4/c1-4-23(5-2)12-6-7-15-8-10-17(11-9-15)22(3)18-20-13-16(19)14-21-18/h13-15,17H,4-5,8-12H2,1-3H3/t15-,17-. The minimum atomic E-state index is 0.525.